The molecule has 0 amide bonds. The topological polar surface area (TPSA) is 9.23 Å². The molecule has 1 saturated carbocycles. The van der Waals surface area contributed by atoms with E-state index in [1.54, 1.807) is 0 Å². The van der Waals surface area contributed by atoms with E-state index in [1.165, 1.54) is 31.2 Å². The highest BCUT2D eigenvalue weighted by Crippen LogP contribution is 2.27. The number of hydrogen-bond donors (Lipinski definition) is 0. The van der Waals surface area contributed by atoms with E-state index >= 15 is 0 Å². The summed E-state index contributed by atoms with van der Waals surface area (Å²) in [5, 5.41) is 0. The van der Waals surface area contributed by atoms with Crippen molar-refractivity contribution in [1.29, 1.82) is 0 Å². The third-order valence-corrected chi connectivity index (χ3v) is 3.15. The molecule has 0 bridgehead atoms. The van der Waals surface area contributed by atoms with Crippen LogP contribution in [0.3, 0.4) is 0 Å². The van der Waals surface area contributed by atoms with Gasteiger partial charge in [0.15, 0.2) is 0 Å². The van der Waals surface area contributed by atoms with Gasteiger partial charge in [-0.15, -0.1) is 0 Å². The molecule has 0 spiro atoms. The lowest BCUT2D eigenvalue weighted by atomic mass is 9.86. The van der Waals surface area contributed by atoms with Crippen LogP contribution >= 0.6 is 0 Å². The summed E-state index contributed by atoms with van der Waals surface area (Å²) in [6.07, 6.45) is 6.46. The summed E-state index contributed by atoms with van der Waals surface area (Å²) in [5.74, 6) is 1.87. The minimum absolute atomic E-state index is 0.819. The molecule has 1 aromatic rings. The molecule has 17 heavy (non-hydrogen) atoms. The molecule has 0 aromatic heterocycles. The van der Waals surface area contributed by atoms with E-state index in [-0.39, 0.29) is 0 Å². The smallest absolute Gasteiger partial charge is 0.119 e. The molecule has 0 saturated heterocycles. The van der Waals surface area contributed by atoms with Crippen molar-refractivity contribution >= 4 is 0 Å². The second-order valence-electron chi connectivity index (χ2n) is 4.51. The molecular formula is C16H26O. The highest BCUT2D eigenvalue weighted by molar-refractivity contribution is 5.28. The summed E-state index contributed by atoms with van der Waals surface area (Å²) < 4.78 is 5.80. The Morgan fingerprint density at radius 3 is 2.59 bits per heavy atom. The third kappa shape index (κ3) is 4.80. The fraction of sp³-hybridized carbons (Fsp3) is 0.625. The summed E-state index contributed by atoms with van der Waals surface area (Å²) in [5.41, 5.74) is 1.39. The molecule has 1 nitrogen and oxygen atoms in total. The van der Waals surface area contributed by atoms with E-state index in [1.807, 2.05) is 13.8 Å². The zero-order valence-electron chi connectivity index (χ0n) is 11.5. The van der Waals surface area contributed by atoms with Crippen LogP contribution in [-0.4, -0.2) is 6.61 Å². The molecule has 96 valence electrons. The second kappa shape index (κ2) is 8.16. The second-order valence-corrected chi connectivity index (χ2v) is 4.51. The SMILES string of the molecule is CC.CCCc1cccc(OCC2CCC2)c1. The van der Waals surface area contributed by atoms with Gasteiger partial charge in [-0.3, -0.25) is 0 Å². The first-order chi connectivity index (χ1) is 8.38. The van der Waals surface area contributed by atoms with E-state index in [4.69, 9.17) is 4.74 Å². The molecule has 0 N–H and O–H groups in total. The van der Waals surface area contributed by atoms with Crippen LogP contribution < -0.4 is 4.74 Å². The maximum Gasteiger partial charge on any atom is 0.119 e. The van der Waals surface area contributed by atoms with E-state index in [0.717, 1.165) is 24.7 Å². The minimum Gasteiger partial charge on any atom is -0.493 e. The number of hydrogen-bond acceptors (Lipinski definition) is 1. The molecule has 1 heteroatoms. The van der Waals surface area contributed by atoms with Crippen LogP contribution in [0.2, 0.25) is 0 Å². The lowest BCUT2D eigenvalue weighted by Gasteiger charge is -2.25. The quantitative estimate of drug-likeness (QED) is 0.708. The monoisotopic (exact) mass is 234 g/mol. The predicted octanol–water partition coefficient (Wildman–Crippen LogP) is 4.84. The predicted molar refractivity (Wildman–Crippen MR) is 74.6 cm³/mol. The summed E-state index contributed by atoms with van der Waals surface area (Å²) >= 11 is 0. The molecule has 2 rings (SSSR count). The average Bonchev–Trinajstić information content (AvgIpc) is 2.31. The van der Waals surface area contributed by atoms with Crippen molar-refractivity contribution in [1.82, 2.24) is 0 Å². The van der Waals surface area contributed by atoms with Crippen molar-refractivity contribution in [3.63, 3.8) is 0 Å². The molecule has 0 unspecified atom stereocenters. The number of rotatable bonds is 5. The highest BCUT2D eigenvalue weighted by atomic mass is 16.5. The Bertz CT molecular complexity index is 302. The summed E-state index contributed by atoms with van der Waals surface area (Å²) in [7, 11) is 0. The molecule has 0 radical (unpaired) electrons. The lowest BCUT2D eigenvalue weighted by Crippen LogP contribution is -2.19. The molecular weight excluding hydrogens is 208 g/mol. The first-order valence-electron chi connectivity index (χ1n) is 7.10. The van der Waals surface area contributed by atoms with Crippen molar-refractivity contribution in [2.75, 3.05) is 6.61 Å². The van der Waals surface area contributed by atoms with Gasteiger partial charge in [0, 0.05) is 0 Å². The van der Waals surface area contributed by atoms with Crippen LogP contribution in [0.1, 0.15) is 52.0 Å². The first kappa shape index (κ1) is 14.1. The van der Waals surface area contributed by atoms with Gasteiger partial charge in [0.1, 0.15) is 5.75 Å². The first-order valence-corrected chi connectivity index (χ1v) is 7.10. The molecule has 1 fully saturated rings. The van der Waals surface area contributed by atoms with Crippen molar-refractivity contribution in [3.8, 4) is 5.75 Å². The average molecular weight is 234 g/mol. The van der Waals surface area contributed by atoms with Crippen LogP contribution in [-0.2, 0) is 6.42 Å². The summed E-state index contributed by atoms with van der Waals surface area (Å²) in [6, 6.07) is 8.53. The van der Waals surface area contributed by atoms with Gasteiger partial charge in [0.2, 0.25) is 0 Å². The van der Waals surface area contributed by atoms with Gasteiger partial charge in [0.05, 0.1) is 6.61 Å². The van der Waals surface area contributed by atoms with Crippen molar-refractivity contribution in [3.05, 3.63) is 29.8 Å². The zero-order valence-corrected chi connectivity index (χ0v) is 11.5. The normalized spacial score (nSPS) is 14.5. The Kier molecular flexibility index (Phi) is 6.76. The Morgan fingerprint density at radius 2 is 2.00 bits per heavy atom. The minimum atomic E-state index is 0.819. The molecule has 0 aliphatic heterocycles. The Labute approximate surface area is 106 Å². The summed E-state index contributed by atoms with van der Waals surface area (Å²) in [6.45, 7) is 7.12. The van der Waals surface area contributed by atoms with Crippen molar-refractivity contribution < 1.29 is 4.74 Å². The largest absolute Gasteiger partial charge is 0.493 e. The molecule has 0 atom stereocenters. The fourth-order valence-corrected chi connectivity index (χ4v) is 1.95. The van der Waals surface area contributed by atoms with Crippen molar-refractivity contribution in [2.45, 2.75) is 52.9 Å². The number of benzene rings is 1. The molecule has 1 aliphatic carbocycles. The number of ether oxygens (including phenoxy) is 1. The van der Waals surface area contributed by atoms with E-state index in [9.17, 15) is 0 Å². The van der Waals surface area contributed by atoms with Gasteiger partial charge in [-0.1, -0.05) is 45.7 Å². The molecule has 1 aromatic carbocycles. The van der Waals surface area contributed by atoms with E-state index in [0.29, 0.717) is 0 Å². The Balaban J connectivity index is 0.000000686. The van der Waals surface area contributed by atoms with E-state index in [2.05, 4.69) is 31.2 Å². The van der Waals surface area contributed by atoms with Gasteiger partial charge in [-0.05, 0) is 42.9 Å². The molecule has 0 heterocycles. The maximum absolute atomic E-state index is 5.80. The van der Waals surface area contributed by atoms with Crippen LogP contribution in [0.4, 0.5) is 0 Å². The standard InChI is InChI=1S/C14H20O.C2H6/c1-2-5-12-6-4-9-14(10-12)15-11-13-7-3-8-13;1-2/h4,6,9-10,13H,2-3,5,7-8,11H2,1H3;1-2H3. The number of aryl methyl sites for hydroxylation is 1. The van der Waals surface area contributed by atoms with Crippen LogP contribution in [0.25, 0.3) is 0 Å². The lowest BCUT2D eigenvalue weighted by molar-refractivity contribution is 0.180. The van der Waals surface area contributed by atoms with Crippen LogP contribution in [0, 0.1) is 5.92 Å². The van der Waals surface area contributed by atoms with Gasteiger partial charge in [-0.2, -0.15) is 0 Å². The summed E-state index contributed by atoms with van der Waals surface area (Å²) in [4.78, 5) is 0. The third-order valence-electron chi connectivity index (χ3n) is 3.15. The highest BCUT2D eigenvalue weighted by Gasteiger charge is 2.17. The van der Waals surface area contributed by atoms with Crippen molar-refractivity contribution in [2.24, 2.45) is 5.92 Å². The van der Waals surface area contributed by atoms with E-state index < -0.39 is 0 Å². The van der Waals surface area contributed by atoms with Gasteiger partial charge in [0.25, 0.3) is 0 Å². The van der Waals surface area contributed by atoms with Crippen LogP contribution in [0.5, 0.6) is 5.75 Å². The maximum atomic E-state index is 5.80. The Hall–Kier alpha value is -0.980. The molecule has 1 aliphatic rings. The van der Waals surface area contributed by atoms with Gasteiger partial charge < -0.3 is 4.74 Å². The van der Waals surface area contributed by atoms with Gasteiger partial charge in [-0.25, -0.2) is 0 Å². The zero-order chi connectivity index (χ0) is 12.5. The Morgan fingerprint density at radius 1 is 1.24 bits per heavy atom. The van der Waals surface area contributed by atoms with Crippen LogP contribution in [0.15, 0.2) is 24.3 Å². The van der Waals surface area contributed by atoms with Gasteiger partial charge >= 0.3 is 0 Å². The fourth-order valence-electron chi connectivity index (χ4n) is 1.95.